The molecule has 1 fully saturated rings. The van der Waals surface area contributed by atoms with Gasteiger partial charge in [-0.3, -0.25) is 9.69 Å². The van der Waals surface area contributed by atoms with Crippen molar-refractivity contribution in [1.29, 1.82) is 0 Å². The topological polar surface area (TPSA) is 53.6 Å². The lowest BCUT2D eigenvalue weighted by molar-refractivity contribution is 0.00875. The molecule has 0 aliphatic carbocycles. The number of nitrogens with one attached hydrogen (secondary N) is 2. The standard InChI is InChI=1S/C22H29N3O2/c1-18(23-12-13-24-22(26)20-10-6-3-7-11-20)21(19-8-4-2-5-9-19)25-14-16-27-17-15-25/h2-11,18,21,23H,12-17H2,1H3,(H,24,26)/t18-,21+/m0/s1. The number of amides is 1. The number of hydrogen-bond donors (Lipinski definition) is 2. The molecular weight excluding hydrogens is 338 g/mol. The molecule has 0 spiro atoms. The Bertz CT molecular complexity index is 687. The second-order valence-corrected chi connectivity index (χ2v) is 6.87. The van der Waals surface area contributed by atoms with Crippen LogP contribution in [0.3, 0.4) is 0 Å². The molecule has 2 atom stereocenters. The molecule has 1 amide bonds. The quantitative estimate of drug-likeness (QED) is 0.704. The zero-order valence-corrected chi connectivity index (χ0v) is 15.9. The fourth-order valence-corrected chi connectivity index (χ4v) is 3.60. The summed E-state index contributed by atoms with van der Waals surface area (Å²) in [5.74, 6) is -0.0298. The molecule has 0 bridgehead atoms. The summed E-state index contributed by atoms with van der Waals surface area (Å²) in [5, 5.41) is 6.57. The van der Waals surface area contributed by atoms with Crippen molar-refractivity contribution < 1.29 is 9.53 Å². The van der Waals surface area contributed by atoms with Crippen LogP contribution in [0.5, 0.6) is 0 Å². The van der Waals surface area contributed by atoms with Crippen molar-refractivity contribution in [2.45, 2.75) is 19.0 Å². The van der Waals surface area contributed by atoms with Crippen LogP contribution < -0.4 is 10.6 Å². The molecule has 3 rings (SSSR count). The summed E-state index contributed by atoms with van der Waals surface area (Å²) in [6, 6.07) is 20.5. The Morgan fingerprint density at radius 1 is 1.00 bits per heavy atom. The van der Waals surface area contributed by atoms with Crippen LogP contribution in [0.15, 0.2) is 60.7 Å². The minimum absolute atomic E-state index is 0.0298. The van der Waals surface area contributed by atoms with Gasteiger partial charge in [-0.05, 0) is 24.6 Å². The molecule has 144 valence electrons. The van der Waals surface area contributed by atoms with Gasteiger partial charge in [-0.1, -0.05) is 48.5 Å². The number of carbonyl (C=O) groups is 1. The van der Waals surface area contributed by atoms with Crippen LogP contribution in [0.25, 0.3) is 0 Å². The maximum Gasteiger partial charge on any atom is 0.251 e. The van der Waals surface area contributed by atoms with Gasteiger partial charge in [-0.25, -0.2) is 0 Å². The van der Waals surface area contributed by atoms with Crippen LogP contribution >= 0.6 is 0 Å². The largest absolute Gasteiger partial charge is 0.379 e. The lowest BCUT2D eigenvalue weighted by Gasteiger charge is -2.38. The van der Waals surface area contributed by atoms with Gasteiger partial charge in [0.25, 0.3) is 5.91 Å². The van der Waals surface area contributed by atoms with Crippen molar-refractivity contribution >= 4 is 5.91 Å². The van der Waals surface area contributed by atoms with Gasteiger partial charge in [0.05, 0.1) is 19.3 Å². The van der Waals surface area contributed by atoms with Crippen LogP contribution in [-0.2, 0) is 4.74 Å². The number of nitrogens with zero attached hydrogens (tertiary/aromatic N) is 1. The Morgan fingerprint density at radius 3 is 2.30 bits per heavy atom. The van der Waals surface area contributed by atoms with E-state index < -0.39 is 0 Å². The molecule has 5 nitrogen and oxygen atoms in total. The van der Waals surface area contributed by atoms with E-state index in [0.717, 1.165) is 32.8 Å². The van der Waals surface area contributed by atoms with E-state index in [1.807, 2.05) is 30.3 Å². The van der Waals surface area contributed by atoms with Gasteiger partial charge in [-0.2, -0.15) is 0 Å². The molecule has 2 aromatic rings. The number of rotatable bonds is 8. The van der Waals surface area contributed by atoms with E-state index in [1.165, 1.54) is 5.56 Å². The van der Waals surface area contributed by atoms with Crippen LogP contribution in [0.4, 0.5) is 0 Å². The number of benzene rings is 2. The third-order valence-electron chi connectivity index (χ3n) is 4.97. The highest BCUT2D eigenvalue weighted by atomic mass is 16.5. The molecule has 1 heterocycles. The fraction of sp³-hybridized carbons (Fsp3) is 0.409. The normalized spacial score (nSPS) is 17.2. The van der Waals surface area contributed by atoms with Crippen LogP contribution in [-0.4, -0.2) is 56.2 Å². The van der Waals surface area contributed by atoms with E-state index >= 15 is 0 Å². The van der Waals surface area contributed by atoms with Gasteiger partial charge in [0.15, 0.2) is 0 Å². The summed E-state index contributed by atoms with van der Waals surface area (Å²) < 4.78 is 5.52. The van der Waals surface area contributed by atoms with Crippen molar-refractivity contribution in [3.8, 4) is 0 Å². The van der Waals surface area contributed by atoms with Crippen molar-refractivity contribution in [3.05, 3.63) is 71.8 Å². The molecule has 1 saturated heterocycles. The predicted octanol–water partition coefficient (Wildman–Crippen LogP) is 2.47. The second kappa shape index (κ2) is 10.2. The SMILES string of the molecule is C[C@H](NCCNC(=O)c1ccccc1)[C@H](c1ccccc1)N1CCOCC1. The van der Waals surface area contributed by atoms with Gasteiger partial charge in [-0.15, -0.1) is 0 Å². The third-order valence-corrected chi connectivity index (χ3v) is 4.97. The highest BCUT2D eigenvalue weighted by Gasteiger charge is 2.27. The Labute approximate surface area is 161 Å². The minimum Gasteiger partial charge on any atom is -0.379 e. The molecule has 1 aliphatic rings. The van der Waals surface area contributed by atoms with Gasteiger partial charge < -0.3 is 15.4 Å². The highest BCUT2D eigenvalue weighted by Crippen LogP contribution is 2.25. The fourth-order valence-electron chi connectivity index (χ4n) is 3.60. The van der Waals surface area contributed by atoms with E-state index in [1.54, 1.807) is 0 Å². The van der Waals surface area contributed by atoms with E-state index in [4.69, 9.17) is 4.74 Å². The molecule has 27 heavy (non-hydrogen) atoms. The molecule has 0 saturated carbocycles. The van der Waals surface area contributed by atoms with E-state index in [0.29, 0.717) is 18.2 Å². The third kappa shape index (κ3) is 5.63. The van der Waals surface area contributed by atoms with Crippen LogP contribution in [0.2, 0.25) is 0 Å². The first-order valence-corrected chi connectivity index (χ1v) is 9.69. The molecule has 1 aliphatic heterocycles. The highest BCUT2D eigenvalue weighted by molar-refractivity contribution is 5.94. The minimum atomic E-state index is -0.0298. The summed E-state index contributed by atoms with van der Waals surface area (Å²) in [7, 11) is 0. The summed E-state index contributed by atoms with van der Waals surface area (Å²) in [5.41, 5.74) is 2.01. The number of morpholine rings is 1. The molecule has 2 aromatic carbocycles. The monoisotopic (exact) mass is 367 g/mol. The Hall–Kier alpha value is -2.21. The molecule has 5 heteroatoms. The van der Waals surface area contributed by atoms with E-state index in [-0.39, 0.29) is 11.9 Å². The summed E-state index contributed by atoms with van der Waals surface area (Å²) in [6.45, 7) is 6.99. The summed E-state index contributed by atoms with van der Waals surface area (Å²) in [6.07, 6.45) is 0. The van der Waals surface area contributed by atoms with E-state index in [9.17, 15) is 4.79 Å². The average molecular weight is 367 g/mol. The number of hydrogen-bond acceptors (Lipinski definition) is 4. The van der Waals surface area contributed by atoms with Gasteiger partial charge in [0, 0.05) is 37.8 Å². The predicted molar refractivity (Wildman–Crippen MR) is 108 cm³/mol. The second-order valence-electron chi connectivity index (χ2n) is 6.87. The molecule has 0 unspecified atom stereocenters. The maximum atomic E-state index is 12.1. The lowest BCUT2D eigenvalue weighted by Crippen LogP contribution is -2.48. The average Bonchev–Trinajstić information content (AvgIpc) is 2.73. The van der Waals surface area contributed by atoms with Crippen molar-refractivity contribution in [3.63, 3.8) is 0 Å². The Balaban J connectivity index is 1.53. The first kappa shape index (κ1) is 19.5. The zero-order valence-electron chi connectivity index (χ0n) is 15.9. The number of carbonyl (C=O) groups excluding carboxylic acids is 1. The zero-order chi connectivity index (χ0) is 18.9. The van der Waals surface area contributed by atoms with Crippen molar-refractivity contribution in [1.82, 2.24) is 15.5 Å². The Kier molecular flexibility index (Phi) is 7.39. The molecule has 2 N–H and O–H groups in total. The first-order valence-electron chi connectivity index (χ1n) is 9.69. The number of ether oxygens (including phenoxy) is 1. The maximum absolute atomic E-state index is 12.1. The van der Waals surface area contributed by atoms with Gasteiger partial charge >= 0.3 is 0 Å². The van der Waals surface area contributed by atoms with Crippen LogP contribution in [0, 0.1) is 0 Å². The van der Waals surface area contributed by atoms with Crippen molar-refractivity contribution in [2.24, 2.45) is 0 Å². The van der Waals surface area contributed by atoms with Crippen LogP contribution in [0.1, 0.15) is 28.9 Å². The van der Waals surface area contributed by atoms with E-state index in [2.05, 4.69) is 52.8 Å². The van der Waals surface area contributed by atoms with Gasteiger partial charge in [0.1, 0.15) is 0 Å². The molecule has 0 aromatic heterocycles. The summed E-state index contributed by atoms with van der Waals surface area (Å²) >= 11 is 0. The lowest BCUT2D eigenvalue weighted by atomic mass is 9.98. The Morgan fingerprint density at radius 2 is 1.63 bits per heavy atom. The van der Waals surface area contributed by atoms with Crippen molar-refractivity contribution in [2.75, 3.05) is 39.4 Å². The van der Waals surface area contributed by atoms with Gasteiger partial charge in [0.2, 0.25) is 0 Å². The summed E-state index contributed by atoms with van der Waals surface area (Å²) in [4.78, 5) is 14.6. The first-order chi connectivity index (χ1) is 13.3. The molecule has 0 radical (unpaired) electrons. The smallest absolute Gasteiger partial charge is 0.251 e. The molecular formula is C22H29N3O2.